The number of rotatable bonds is 3. The summed E-state index contributed by atoms with van der Waals surface area (Å²) < 4.78 is 1.71. The first-order valence-electron chi connectivity index (χ1n) is 5.07. The van der Waals surface area contributed by atoms with Gasteiger partial charge in [-0.25, -0.2) is 14.6 Å². The maximum absolute atomic E-state index is 4.36. The smallest absolute Gasteiger partial charge is 0.155 e. The van der Waals surface area contributed by atoms with Crippen LogP contribution in [0.3, 0.4) is 0 Å². The Balaban J connectivity index is 2.21. The average Bonchev–Trinajstić information content (AvgIpc) is 2.67. The van der Waals surface area contributed by atoms with E-state index in [0.29, 0.717) is 5.92 Å². The lowest BCUT2D eigenvalue weighted by atomic mass is 10.1. The van der Waals surface area contributed by atoms with E-state index in [1.165, 1.54) is 0 Å². The summed E-state index contributed by atoms with van der Waals surface area (Å²) in [6, 6.07) is 5.73. The Morgan fingerprint density at radius 1 is 1.27 bits per heavy atom. The lowest BCUT2D eigenvalue weighted by Crippen LogP contribution is -2.00. The predicted octanol–water partition coefficient (Wildman–Crippen LogP) is 1.86. The van der Waals surface area contributed by atoms with E-state index in [2.05, 4.69) is 28.9 Å². The van der Waals surface area contributed by atoms with E-state index >= 15 is 0 Å². The van der Waals surface area contributed by atoms with E-state index in [0.717, 1.165) is 18.1 Å². The molecule has 0 unspecified atom stereocenters. The van der Waals surface area contributed by atoms with Crippen molar-refractivity contribution in [2.75, 3.05) is 0 Å². The Kier molecular flexibility index (Phi) is 2.76. The van der Waals surface area contributed by atoms with Gasteiger partial charge in [-0.1, -0.05) is 19.9 Å². The normalized spacial score (nSPS) is 10.9. The van der Waals surface area contributed by atoms with E-state index < -0.39 is 0 Å². The third-order valence-corrected chi connectivity index (χ3v) is 2.01. The highest BCUT2D eigenvalue weighted by atomic mass is 15.4. The van der Waals surface area contributed by atoms with Crippen LogP contribution in [0.4, 0.5) is 0 Å². The zero-order valence-corrected chi connectivity index (χ0v) is 8.96. The number of aromatic nitrogens is 4. The Hall–Kier alpha value is -1.71. The molecule has 2 aromatic heterocycles. The molecule has 0 aromatic carbocycles. The van der Waals surface area contributed by atoms with Crippen LogP contribution in [0.5, 0.6) is 0 Å². The van der Waals surface area contributed by atoms with Gasteiger partial charge in [0.15, 0.2) is 11.6 Å². The summed E-state index contributed by atoms with van der Waals surface area (Å²) in [6.07, 6.45) is 4.36. The molecule has 0 aliphatic heterocycles. The Bertz CT molecular complexity index is 419. The van der Waals surface area contributed by atoms with Gasteiger partial charge in [0.05, 0.1) is 0 Å². The molecule has 0 saturated carbocycles. The molecular formula is C11H14N4. The molecule has 0 fully saturated rings. The first-order valence-corrected chi connectivity index (χ1v) is 5.07. The molecule has 4 heteroatoms. The van der Waals surface area contributed by atoms with Gasteiger partial charge in [0.2, 0.25) is 0 Å². The predicted molar refractivity (Wildman–Crippen MR) is 57.7 cm³/mol. The van der Waals surface area contributed by atoms with Gasteiger partial charge < -0.3 is 0 Å². The van der Waals surface area contributed by atoms with E-state index in [1.807, 2.05) is 18.2 Å². The second-order valence-corrected chi connectivity index (χ2v) is 3.89. The third-order valence-electron chi connectivity index (χ3n) is 2.01. The lowest BCUT2D eigenvalue weighted by molar-refractivity contribution is 0.618. The van der Waals surface area contributed by atoms with Crippen LogP contribution >= 0.6 is 0 Å². The summed E-state index contributed by atoms with van der Waals surface area (Å²) in [5.74, 6) is 2.25. The van der Waals surface area contributed by atoms with Crippen molar-refractivity contribution in [3.63, 3.8) is 0 Å². The zero-order valence-electron chi connectivity index (χ0n) is 8.96. The van der Waals surface area contributed by atoms with Crippen molar-refractivity contribution in [3.8, 4) is 5.82 Å². The van der Waals surface area contributed by atoms with E-state index in [4.69, 9.17) is 0 Å². The largest absolute Gasteiger partial charge is 0.237 e. The van der Waals surface area contributed by atoms with Crippen LogP contribution in [0.15, 0.2) is 30.7 Å². The topological polar surface area (TPSA) is 43.6 Å². The molecule has 15 heavy (non-hydrogen) atoms. The molecule has 0 atom stereocenters. The fraction of sp³-hybridized carbons (Fsp3) is 0.364. The Morgan fingerprint density at radius 3 is 2.80 bits per heavy atom. The van der Waals surface area contributed by atoms with Gasteiger partial charge in [0.1, 0.15) is 6.33 Å². The number of pyridine rings is 1. The van der Waals surface area contributed by atoms with Crippen molar-refractivity contribution < 1.29 is 0 Å². The van der Waals surface area contributed by atoms with Crippen LogP contribution in [0.2, 0.25) is 0 Å². The van der Waals surface area contributed by atoms with Crippen molar-refractivity contribution in [1.29, 1.82) is 0 Å². The standard InChI is InChI=1S/C11H14N4/c1-9(2)7-10-13-8-15(14-10)11-5-3-4-6-12-11/h3-6,8-9H,7H2,1-2H3. The minimum atomic E-state index is 0.574. The highest BCUT2D eigenvalue weighted by Crippen LogP contribution is 2.05. The number of nitrogens with zero attached hydrogens (tertiary/aromatic N) is 4. The zero-order chi connectivity index (χ0) is 10.7. The second kappa shape index (κ2) is 4.21. The van der Waals surface area contributed by atoms with Crippen LogP contribution in [-0.4, -0.2) is 19.7 Å². The first kappa shape index (κ1) is 9.83. The van der Waals surface area contributed by atoms with Crippen molar-refractivity contribution in [2.24, 2.45) is 5.92 Å². The van der Waals surface area contributed by atoms with Gasteiger partial charge >= 0.3 is 0 Å². The summed E-state index contributed by atoms with van der Waals surface area (Å²) in [5, 5.41) is 4.36. The van der Waals surface area contributed by atoms with Crippen LogP contribution in [0, 0.1) is 5.92 Å². The summed E-state index contributed by atoms with van der Waals surface area (Å²) >= 11 is 0. The van der Waals surface area contributed by atoms with Crippen LogP contribution < -0.4 is 0 Å². The Labute approximate surface area is 89.0 Å². The van der Waals surface area contributed by atoms with Crippen molar-refractivity contribution in [1.82, 2.24) is 19.7 Å². The molecule has 0 aliphatic carbocycles. The lowest BCUT2D eigenvalue weighted by Gasteiger charge is -1.99. The summed E-state index contributed by atoms with van der Waals surface area (Å²) in [7, 11) is 0. The molecule has 0 spiro atoms. The monoisotopic (exact) mass is 202 g/mol. The fourth-order valence-corrected chi connectivity index (χ4v) is 1.36. The highest BCUT2D eigenvalue weighted by Gasteiger charge is 2.04. The van der Waals surface area contributed by atoms with Crippen LogP contribution in [-0.2, 0) is 6.42 Å². The molecule has 2 heterocycles. The number of hydrogen-bond acceptors (Lipinski definition) is 3. The molecule has 78 valence electrons. The average molecular weight is 202 g/mol. The maximum Gasteiger partial charge on any atom is 0.155 e. The minimum Gasteiger partial charge on any atom is -0.237 e. The first-order chi connectivity index (χ1) is 7.25. The SMILES string of the molecule is CC(C)Cc1ncn(-c2ccccn2)n1. The van der Waals surface area contributed by atoms with E-state index in [9.17, 15) is 0 Å². The van der Waals surface area contributed by atoms with Crippen molar-refractivity contribution >= 4 is 0 Å². The Morgan fingerprint density at radius 2 is 2.13 bits per heavy atom. The van der Waals surface area contributed by atoms with Gasteiger partial charge in [0.25, 0.3) is 0 Å². The van der Waals surface area contributed by atoms with Gasteiger partial charge in [-0.3, -0.25) is 0 Å². The van der Waals surface area contributed by atoms with Crippen molar-refractivity contribution in [2.45, 2.75) is 20.3 Å². The van der Waals surface area contributed by atoms with E-state index in [-0.39, 0.29) is 0 Å². The summed E-state index contributed by atoms with van der Waals surface area (Å²) in [6.45, 7) is 4.31. The molecule has 4 nitrogen and oxygen atoms in total. The number of hydrogen-bond donors (Lipinski definition) is 0. The fourth-order valence-electron chi connectivity index (χ4n) is 1.36. The quantitative estimate of drug-likeness (QED) is 0.763. The molecule has 2 aromatic rings. The molecule has 0 N–H and O–H groups in total. The summed E-state index contributed by atoms with van der Waals surface area (Å²) in [4.78, 5) is 8.45. The molecule has 0 bridgehead atoms. The second-order valence-electron chi connectivity index (χ2n) is 3.89. The van der Waals surface area contributed by atoms with Crippen LogP contribution in [0.25, 0.3) is 5.82 Å². The van der Waals surface area contributed by atoms with Crippen molar-refractivity contribution in [3.05, 3.63) is 36.5 Å². The van der Waals surface area contributed by atoms with E-state index in [1.54, 1.807) is 17.2 Å². The molecule has 0 amide bonds. The van der Waals surface area contributed by atoms with Crippen LogP contribution in [0.1, 0.15) is 19.7 Å². The van der Waals surface area contributed by atoms with Gasteiger partial charge in [-0.05, 0) is 18.1 Å². The molecule has 0 saturated heterocycles. The molecule has 0 aliphatic rings. The molecular weight excluding hydrogens is 188 g/mol. The minimum absolute atomic E-state index is 0.574. The van der Waals surface area contributed by atoms with Gasteiger partial charge in [-0.2, -0.15) is 0 Å². The molecule has 0 radical (unpaired) electrons. The molecule has 2 rings (SSSR count). The third kappa shape index (κ3) is 2.40. The van der Waals surface area contributed by atoms with Gasteiger partial charge in [-0.15, -0.1) is 5.10 Å². The van der Waals surface area contributed by atoms with Gasteiger partial charge in [0, 0.05) is 12.6 Å². The summed E-state index contributed by atoms with van der Waals surface area (Å²) in [5.41, 5.74) is 0. The highest BCUT2D eigenvalue weighted by molar-refractivity contribution is 5.18. The maximum atomic E-state index is 4.36.